The molecule has 0 amide bonds. The van der Waals surface area contributed by atoms with Gasteiger partial charge < -0.3 is 4.90 Å². The quantitative estimate of drug-likeness (QED) is 0.543. The van der Waals surface area contributed by atoms with Gasteiger partial charge >= 0.3 is 0 Å². The van der Waals surface area contributed by atoms with Crippen molar-refractivity contribution < 1.29 is 0 Å². The summed E-state index contributed by atoms with van der Waals surface area (Å²) in [5.74, 6) is 0. The molecule has 1 heteroatoms. The zero-order valence-corrected chi connectivity index (χ0v) is 12.6. The van der Waals surface area contributed by atoms with Crippen molar-refractivity contribution in [3.05, 3.63) is 35.2 Å². The van der Waals surface area contributed by atoms with Crippen LogP contribution in [-0.4, -0.2) is 11.4 Å². The van der Waals surface area contributed by atoms with Gasteiger partial charge in [-0.2, -0.15) is 0 Å². The van der Waals surface area contributed by atoms with Crippen LogP contribution in [0.1, 0.15) is 60.8 Å². The Hall–Kier alpha value is -0.980. The Labute approximate surface area is 108 Å². The second kappa shape index (κ2) is 8.16. The van der Waals surface area contributed by atoms with Crippen molar-refractivity contribution >= 4 is 0 Å². The topological polar surface area (TPSA) is 3.24 Å². The molecule has 1 nitrogen and oxygen atoms in total. The van der Waals surface area contributed by atoms with E-state index in [-0.39, 0.29) is 0 Å². The van der Waals surface area contributed by atoms with Gasteiger partial charge in [-0.15, -0.1) is 0 Å². The zero-order chi connectivity index (χ0) is 13.4. The van der Waals surface area contributed by atoms with Crippen molar-refractivity contribution in [3.63, 3.8) is 0 Å². The first-order valence-electron chi connectivity index (χ1n) is 6.77. The second-order valence-corrected chi connectivity index (χ2v) is 4.81. The molecule has 0 saturated carbocycles. The summed E-state index contributed by atoms with van der Waals surface area (Å²) < 4.78 is 0. The molecule has 0 aromatic heterocycles. The molecule has 0 heterocycles. The monoisotopic (exact) mass is 235 g/mol. The van der Waals surface area contributed by atoms with E-state index >= 15 is 0 Å². The van der Waals surface area contributed by atoms with Crippen molar-refractivity contribution in [2.75, 3.05) is 6.54 Å². The minimum absolute atomic E-state index is 1.01. The van der Waals surface area contributed by atoms with Gasteiger partial charge in [-0.1, -0.05) is 32.9 Å². The summed E-state index contributed by atoms with van der Waals surface area (Å²) in [5, 5.41) is 0. The Morgan fingerprint density at radius 3 is 2.00 bits per heavy atom. The Morgan fingerprint density at radius 1 is 1.06 bits per heavy atom. The fourth-order valence-corrected chi connectivity index (χ4v) is 1.75. The van der Waals surface area contributed by atoms with E-state index in [9.17, 15) is 0 Å². The van der Waals surface area contributed by atoms with Gasteiger partial charge in [0.15, 0.2) is 0 Å². The van der Waals surface area contributed by atoms with E-state index < -0.39 is 0 Å². The lowest BCUT2D eigenvalue weighted by atomic mass is 10.1. The SMILES string of the molecule is C=C(CC)N(CCC)/C(C=C(C)C)=C(\C)CC. The second-order valence-electron chi connectivity index (χ2n) is 4.81. The van der Waals surface area contributed by atoms with E-state index in [4.69, 9.17) is 0 Å². The molecule has 0 aromatic rings. The molecule has 17 heavy (non-hydrogen) atoms. The highest BCUT2D eigenvalue weighted by Gasteiger charge is 2.11. The smallest absolute Gasteiger partial charge is 0.0396 e. The highest BCUT2D eigenvalue weighted by molar-refractivity contribution is 5.29. The molecule has 0 unspecified atom stereocenters. The first-order chi connectivity index (χ1) is 7.97. The molecule has 0 rings (SSSR count). The summed E-state index contributed by atoms with van der Waals surface area (Å²) in [6.45, 7) is 18.4. The minimum Gasteiger partial charge on any atom is -0.346 e. The van der Waals surface area contributed by atoms with Gasteiger partial charge in [-0.25, -0.2) is 0 Å². The van der Waals surface area contributed by atoms with Crippen LogP contribution in [0.5, 0.6) is 0 Å². The summed E-state index contributed by atoms with van der Waals surface area (Å²) in [6, 6.07) is 0. The molecule has 0 aliphatic carbocycles. The molecular weight excluding hydrogens is 206 g/mol. The molecule has 0 fully saturated rings. The van der Waals surface area contributed by atoms with Gasteiger partial charge in [0, 0.05) is 17.9 Å². The van der Waals surface area contributed by atoms with Gasteiger partial charge in [0.05, 0.1) is 0 Å². The minimum atomic E-state index is 1.01. The average Bonchev–Trinajstić information content (AvgIpc) is 2.31. The van der Waals surface area contributed by atoms with Crippen molar-refractivity contribution in [3.8, 4) is 0 Å². The van der Waals surface area contributed by atoms with Crippen LogP contribution in [0, 0.1) is 0 Å². The largest absolute Gasteiger partial charge is 0.346 e. The van der Waals surface area contributed by atoms with Gasteiger partial charge in [0.1, 0.15) is 0 Å². The molecule has 0 aliphatic rings. The van der Waals surface area contributed by atoms with Gasteiger partial charge in [-0.05, 0) is 51.7 Å². The third-order valence-corrected chi connectivity index (χ3v) is 2.92. The van der Waals surface area contributed by atoms with E-state index in [1.54, 1.807) is 0 Å². The molecule has 0 bridgehead atoms. The summed E-state index contributed by atoms with van der Waals surface area (Å²) >= 11 is 0. The van der Waals surface area contributed by atoms with Crippen LogP contribution in [0.15, 0.2) is 35.2 Å². The predicted molar refractivity (Wildman–Crippen MR) is 78.9 cm³/mol. The van der Waals surface area contributed by atoms with Gasteiger partial charge in [-0.3, -0.25) is 0 Å². The molecule has 0 saturated heterocycles. The number of hydrogen-bond acceptors (Lipinski definition) is 1. The molecule has 0 spiro atoms. The van der Waals surface area contributed by atoms with E-state index in [0.717, 1.165) is 25.8 Å². The van der Waals surface area contributed by atoms with E-state index in [2.05, 4.69) is 59.1 Å². The average molecular weight is 235 g/mol. The maximum Gasteiger partial charge on any atom is 0.0396 e. The third kappa shape index (κ3) is 5.25. The van der Waals surface area contributed by atoms with Crippen LogP contribution in [0.25, 0.3) is 0 Å². The van der Waals surface area contributed by atoms with E-state index in [0.29, 0.717) is 0 Å². The number of nitrogens with zero attached hydrogens (tertiary/aromatic N) is 1. The first kappa shape index (κ1) is 16.0. The highest BCUT2D eigenvalue weighted by Crippen LogP contribution is 2.22. The van der Waals surface area contributed by atoms with Crippen molar-refractivity contribution in [1.29, 1.82) is 0 Å². The predicted octanol–water partition coefficient (Wildman–Crippen LogP) is 5.27. The van der Waals surface area contributed by atoms with Crippen LogP contribution in [0.2, 0.25) is 0 Å². The van der Waals surface area contributed by atoms with Crippen LogP contribution in [0.3, 0.4) is 0 Å². The van der Waals surface area contributed by atoms with Crippen LogP contribution < -0.4 is 0 Å². The van der Waals surface area contributed by atoms with Gasteiger partial charge in [0.25, 0.3) is 0 Å². The molecule has 98 valence electrons. The Balaban J connectivity index is 5.38. The van der Waals surface area contributed by atoms with Crippen molar-refractivity contribution in [2.24, 2.45) is 0 Å². The summed E-state index contributed by atoms with van der Waals surface area (Å²) in [4.78, 5) is 2.38. The van der Waals surface area contributed by atoms with Crippen molar-refractivity contribution in [1.82, 2.24) is 4.90 Å². The fourth-order valence-electron chi connectivity index (χ4n) is 1.75. The van der Waals surface area contributed by atoms with Crippen molar-refractivity contribution in [2.45, 2.75) is 60.8 Å². The number of rotatable bonds is 7. The fraction of sp³-hybridized carbons (Fsp3) is 0.625. The number of hydrogen-bond donors (Lipinski definition) is 0. The van der Waals surface area contributed by atoms with E-state index in [1.165, 1.54) is 22.5 Å². The molecule has 0 aromatic carbocycles. The lowest BCUT2D eigenvalue weighted by molar-refractivity contribution is 0.421. The zero-order valence-electron chi connectivity index (χ0n) is 12.6. The summed E-state index contributed by atoms with van der Waals surface area (Å²) in [6.07, 6.45) is 5.54. The Kier molecular flexibility index (Phi) is 7.69. The molecule has 0 aliphatic heterocycles. The molecule has 0 N–H and O–H groups in total. The summed E-state index contributed by atoms with van der Waals surface area (Å²) in [5.41, 5.74) is 5.35. The maximum atomic E-state index is 4.20. The summed E-state index contributed by atoms with van der Waals surface area (Å²) in [7, 11) is 0. The third-order valence-electron chi connectivity index (χ3n) is 2.92. The van der Waals surface area contributed by atoms with Crippen LogP contribution in [0.4, 0.5) is 0 Å². The van der Waals surface area contributed by atoms with Gasteiger partial charge in [0.2, 0.25) is 0 Å². The van der Waals surface area contributed by atoms with Crippen LogP contribution >= 0.6 is 0 Å². The van der Waals surface area contributed by atoms with E-state index in [1.807, 2.05) is 0 Å². The standard InChI is InChI=1S/C16H29N/c1-8-11-17(15(7)10-3)16(12-13(4)5)14(6)9-2/h12H,7-11H2,1-6H3/b16-14+. The highest BCUT2D eigenvalue weighted by atomic mass is 15.1. The maximum absolute atomic E-state index is 4.20. The molecule has 0 atom stereocenters. The molecule has 0 radical (unpaired) electrons. The number of allylic oxidation sites excluding steroid dienone is 4. The Bertz CT molecular complexity index is 303. The Morgan fingerprint density at radius 2 is 1.65 bits per heavy atom. The molecular formula is C16H29N. The lowest BCUT2D eigenvalue weighted by Gasteiger charge is -2.29. The normalized spacial score (nSPS) is 11.9. The van der Waals surface area contributed by atoms with Crippen LogP contribution in [-0.2, 0) is 0 Å². The first-order valence-corrected chi connectivity index (χ1v) is 6.77. The lowest BCUT2D eigenvalue weighted by Crippen LogP contribution is -2.23.